The third-order valence-electron chi connectivity index (χ3n) is 4.73. The average molecular weight is 388 g/mol. The molecule has 1 unspecified atom stereocenters. The number of aryl methyl sites for hydroxylation is 1. The number of ether oxygens (including phenoxy) is 1. The van der Waals surface area contributed by atoms with Gasteiger partial charge in [0.1, 0.15) is 5.69 Å². The van der Waals surface area contributed by atoms with Crippen molar-refractivity contribution in [1.29, 1.82) is 0 Å². The number of urea groups is 1. The Morgan fingerprint density at radius 1 is 1.41 bits per heavy atom. The number of thiazole rings is 1. The van der Waals surface area contributed by atoms with Gasteiger partial charge >= 0.3 is 6.03 Å². The third-order valence-corrected chi connectivity index (χ3v) is 5.32. The minimum Gasteiger partial charge on any atom is -0.385 e. The Labute approximate surface area is 162 Å². The number of carbonyl (C=O) groups is 2. The molecule has 0 bridgehead atoms. The molecule has 0 saturated carbocycles. The van der Waals surface area contributed by atoms with Crippen molar-refractivity contribution in [1.82, 2.24) is 15.2 Å². The monoisotopic (exact) mass is 388 g/mol. The summed E-state index contributed by atoms with van der Waals surface area (Å²) < 4.78 is 5.23. The fourth-order valence-corrected chi connectivity index (χ4v) is 3.84. The van der Waals surface area contributed by atoms with Crippen molar-refractivity contribution < 1.29 is 14.3 Å². The number of likely N-dealkylation sites (tertiary alicyclic amines) is 1. The first kappa shape index (κ1) is 19.3. The van der Waals surface area contributed by atoms with E-state index in [4.69, 9.17) is 4.74 Å². The van der Waals surface area contributed by atoms with Gasteiger partial charge in [-0.15, -0.1) is 11.3 Å². The van der Waals surface area contributed by atoms with E-state index in [2.05, 4.69) is 15.6 Å². The molecule has 0 spiro atoms. The highest BCUT2D eigenvalue weighted by molar-refractivity contribution is 7.07. The largest absolute Gasteiger partial charge is 0.385 e. The van der Waals surface area contributed by atoms with Crippen LogP contribution < -0.4 is 10.6 Å². The summed E-state index contributed by atoms with van der Waals surface area (Å²) in [4.78, 5) is 31.0. The lowest BCUT2D eigenvalue weighted by atomic mass is 9.94. The first-order chi connectivity index (χ1) is 13.0. The van der Waals surface area contributed by atoms with E-state index >= 15 is 0 Å². The van der Waals surface area contributed by atoms with Gasteiger partial charge in [0.2, 0.25) is 0 Å². The van der Waals surface area contributed by atoms with Gasteiger partial charge < -0.3 is 20.3 Å². The van der Waals surface area contributed by atoms with Crippen LogP contribution in [-0.4, -0.2) is 54.2 Å². The molecule has 0 aliphatic carbocycles. The molecule has 3 amide bonds. The molecule has 2 N–H and O–H groups in total. The maximum Gasteiger partial charge on any atom is 0.319 e. The maximum atomic E-state index is 12.6. The lowest BCUT2D eigenvalue weighted by molar-refractivity contribution is 0.0767. The van der Waals surface area contributed by atoms with Crippen molar-refractivity contribution in [3.63, 3.8) is 0 Å². The number of hydrogen-bond acceptors (Lipinski definition) is 5. The smallest absolute Gasteiger partial charge is 0.319 e. The number of rotatable bonds is 6. The predicted octanol–water partition coefficient (Wildman–Crippen LogP) is 2.89. The molecule has 27 heavy (non-hydrogen) atoms. The molecule has 1 fully saturated rings. The average Bonchev–Trinajstić information content (AvgIpc) is 3.30. The molecule has 1 aliphatic heterocycles. The maximum absolute atomic E-state index is 12.6. The van der Waals surface area contributed by atoms with Crippen LogP contribution in [0.3, 0.4) is 0 Å². The summed E-state index contributed by atoms with van der Waals surface area (Å²) in [5.41, 5.74) is 3.39. The number of carbonyl (C=O) groups excluding carboxylic acids is 2. The molecule has 3 rings (SSSR count). The second-order valence-electron chi connectivity index (χ2n) is 6.82. The number of benzene rings is 1. The van der Waals surface area contributed by atoms with Crippen LogP contribution in [0, 0.1) is 6.92 Å². The quantitative estimate of drug-likeness (QED) is 0.797. The second kappa shape index (κ2) is 8.49. The van der Waals surface area contributed by atoms with Crippen LogP contribution in [0.15, 0.2) is 35.2 Å². The molecule has 1 aliphatic rings. The molecule has 7 nitrogen and oxygen atoms in total. The van der Waals surface area contributed by atoms with E-state index in [0.717, 1.165) is 11.3 Å². The molecular formula is C19H24N4O3S. The Kier molecular flexibility index (Phi) is 6.08. The lowest BCUT2D eigenvalue weighted by Crippen LogP contribution is -2.53. The zero-order valence-corrected chi connectivity index (χ0v) is 16.3. The zero-order valence-electron chi connectivity index (χ0n) is 15.5. The second-order valence-corrected chi connectivity index (χ2v) is 7.54. The van der Waals surface area contributed by atoms with Gasteiger partial charge in [0.05, 0.1) is 11.0 Å². The number of methoxy groups -OCH3 is 1. The van der Waals surface area contributed by atoms with Gasteiger partial charge in [-0.05, 0) is 37.5 Å². The van der Waals surface area contributed by atoms with Crippen LogP contribution in [0.5, 0.6) is 0 Å². The Balaban J connectivity index is 1.68. The van der Waals surface area contributed by atoms with Gasteiger partial charge in [0.15, 0.2) is 0 Å². The summed E-state index contributed by atoms with van der Waals surface area (Å²) >= 11 is 1.40. The van der Waals surface area contributed by atoms with E-state index in [9.17, 15) is 9.59 Å². The molecule has 1 aromatic carbocycles. The van der Waals surface area contributed by atoms with Crippen LogP contribution in [-0.2, 0) is 4.74 Å². The highest BCUT2D eigenvalue weighted by Gasteiger charge is 2.41. The van der Waals surface area contributed by atoms with E-state index in [1.54, 1.807) is 22.9 Å². The molecule has 1 aromatic heterocycles. The number of anilines is 1. The van der Waals surface area contributed by atoms with Gasteiger partial charge in [-0.2, -0.15) is 0 Å². The third kappa shape index (κ3) is 4.84. The molecule has 2 heterocycles. The van der Waals surface area contributed by atoms with Crippen molar-refractivity contribution in [3.8, 4) is 0 Å². The normalized spacial score (nSPS) is 19.1. The van der Waals surface area contributed by atoms with E-state index < -0.39 is 5.54 Å². The predicted molar refractivity (Wildman–Crippen MR) is 105 cm³/mol. The molecular weight excluding hydrogens is 364 g/mol. The fraction of sp³-hybridized carbons (Fsp3) is 0.421. The van der Waals surface area contributed by atoms with Gasteiger partial charge in [-0.1, -0.05) is 12.1 Å². The summed E-state index contributed by atoms with van der Waals surface area (Å²) in [6, 6.07) is 7.35. The van der Waals surface area contributed by atoms with Crippen molar-refractivity contribution in [3.05, 3.63) is 46.4 Å². The van der Waals surface area contributed by atoms with Crippen LogP contribution in [0.4, 0.5) is 10.5 Å². The van der Waals surface area contributed by atoms with Crippen molar-refractivity contribution in [2.24, 2.45) is 0 Å². The van der Waals surface area contributed by atoms with Crippen LogP contribution in [0.25, 0.3) is 0 Å². The van der Waals surface area contributed by atoms with Crippen LogP contribution >= 0.6 is 11.3 Å². The summed E-state index contributed by atoms with van der Waals surface area (Å²) in [5, 5.41) is 7.71. The van der Waals surface area contributed by atoms with Gasteiger partial charge in [-0.25, -0.2) is 9.78 Å². The number of nitrogens with one attached hydrogen (secondary N) is 2. The van der Waals surface area contributed by atoms with Gasteiger partial charge in [-0.3, -0.25) is 4.79 Å². The van der Waals surface area contributed by atoms with E-state index in [-0.39, 0.29) is 11.9 Å². The van der Waals surface area contributed by atoms with E-state index in [1.165, 1.54) is 11.3 Å². The summed E-state index contributed by atoms with van der Waals surface area (Å²) in [6.45, 7) is 3.49. The molecule has 144 valence electrons. The molecule has 8 heteroatoms. The molecule has 1 atom stereocenters. The zero-order chi connectivity index (χ0) is 19.3. The fourth-order valence-electron chi connectivity index (χ4n) is 3.32. The standard InChI is InChI=1S/C19H24N4O3S/c1-14-4-3-5-15(10-14)21-18(25)22-19(7-9-26-2)6-8-23(12-19)17(24)16-11-27-13-20-16/h3-5,10-11,13H,6-9,12H2,1-2H3,(H2,21,22,25). The molecule has 0 radical (unpaired) electrons. The van der Waals surface area contributed by atoms with Gasteiger partial charge in [0.25, 0.3) is 5.91 Å². The topological polar surface area (TPSA) is 83.6 Å². The lowest BCUT2D eigenvalue weighted by Gasteiger charge is -2.30. The van der Waals surface area contributed by atoms with Crippen molar-refractivity contribution in [2.45, 2.75) is 25.3 Å². The Morgan fingerprint density at radius 3 is 2.96 bits per heavy atom. The van der Waals surface area contributed by atoms with Crippen molar-refractivity contribution >= 4 is 29.0 Å². The van der Waals surface area contributed by atoms with Crippen molar-refractivity contribution in [2.75, 3.05) is 32.1 Å². The van der Waals surface area contributed by atoms with E-state index in [0.29, 0.717) is 38.2 Å². The number of nitrogens with zero attached hydrogens (tertiary/aromatic N) is 2. The summed E-state index contributed by atoms with van der Waals surface area (Å²) in [7, 11) is 1.63. The number of hydrogen-bond donors (Lipinski definition) is 2. The van der Waals surface area contributed by atoms with Crippen LogP contribution in [0.2, 0.25) is 0 Å². The molecule has 1 saturated heterocycles. The number of amides is 3. The van der Waals surface area contributed by atoms with Gasteiger partial charge in [0, 0.05) is 37.9 Å². The van der Waals surface area contributed by atoms with Crippen LogP contribution in [0.1, 0.15) is 28.9 Å². The minimum atomic E-state index is -0.518. The highest BCUT2D eigenvalue weighted by atomic mass is 32.1. The Morgan fingerprint density at radius 2 is 2.26 bits per heavy atom. The summed E-state index contributed by atoms with van der Waals surface area (Å²) in [6.07, 6.45) is 1.30. The minimum absolute atomic E-state index is 0.101. The molecule has 2 aromatic rings. The SMILES string of the molecule is COCCC1(NC(=O)Nc2cccc(C)c2)CCN(C(=O)c2cscn2)C1. The summed E-state index contributed by atoms with van der Waals surface area (Å²) in [5.74, 6) is -0.101. The first-order valence-corrected chi connectivity index (χ1v) is 9.78. The number of aromatic nitrogens is 1. The first-order valence-electron chi connectivity index (χ1n) is 8.84. The highest BCUT2D eigenvalue weighted by Crippen LogP contribution is 2.27. The Bertz CT molecular complexity index is 796. The Hall–Kier alpha value is -2.45. The van der Waals surface area contributed by atoms with E-state index in [1.807, 2.05) is 31.2 Å².